The first-order valence-corrected chi connectivity index (χ1v) is 5.62. The van der Waals surface area contributed by atoms with Crippen molar-refractivity contribution in [3.63, 3.8) is 0 Å². The number of ether oxygens (including phenoxy) is 1. The monoisotopic (exact) mass is 259 g/mol. The Kier molecular flexibility index (Phi) is 3.61. The van der Waals surface area contributed by atoms with Gasteiger partial charge in [0, 0.05) is 18.8 Å². The highest BCUT2D eigenvalue weighted by Gasteiger charge is 2.23. The number of primary amides is 1. The molecule has 0 spiro atoms. The molecule has 98 valence electrons. The van der Waals surface area contributed by atoms with Crippen LogP contribution < -0.4 is 5.73 Å². The zero-order valence-electron chi connectivity index (χ0n) is 10.3. The second kappa shape index (κ2) is 5.34. The van der Waals surface area contributed by atoms with Crippen LogP contribution in [0.2, 0.25) is 0 Å². The summed E-state index contributed by atoms with van der Waals surface area (Å²) in [5.41, 5.74) is 6.07. The van der Waals surface area contributed by atoms with Gasteiger partial charge < -0.3 is 10.5 Å². The molecule has 1 amide bonds. The van der Waals surface area contributed by atoms with E-state index in [-0.39, 0.29) is 5.56 Å². The van der Waals surface area contributed by atoms with Crippen LogP contribution in [0, 0.1) is 0 Å². The summed E-state index contributed by atoms with van der Waals surface area (Å²) in [5.74, 6) is -1.36. The molecule has 2 aromatic rings. The molecule has 0 saturated carbocycles. The van der Waals surface area contributed by atoms with E-state index in [0.717, 1.165) is 0 Å². The lowest BCUT2D eigenvalue weighted by Crippen LogP contribution is -2.26. The molecular weight excluding hydrogens is 246 g/mol. The van der Waals surface area contributed by atoms with Gasteiger partial charge in [-0.1, -0.05) is 30.3 Å². The van der Waals surface area contributed by atoms with Gasteiger partial charge in [0.15, 0.2) is 0 Å². The van der Waals surface area contributed by atoms with Gasteiger partial charge in [0.05, 0.1) is 11.8 Å². The molecule has 1 atom stereocenters. The standard InChI is InChI=1S/C13H13N3O3/c1-16-8-10(7-15-16)13(18)19-11(12(14)17)9-5-3-2-4-6-9/h2-8,11H,1H3,(H2,14,17). The maximum absolute atomic E-state index is 11.9. The van der Waals surface area contributed by atoms with Gasteiger partial charge in [0.1, 0.15) is 0 Å². The van der Waals surface area contributed by atoms with Crippen molar-refractivity contribution < 1.29 is 14.3 Å². The number of carbonyl (C=O) groups is 2. The van der Waals surface area contributed by atoms with Gasteiger partial charge in [-0.2, -0.15) is 5.10 Å². The molecule has 19 heavy (non-hydrogen) atoms. The summed E-state index contributed by atoms with van der Waals surface area (Å²) in [6.07, 6.45) is 1.77. The Morgan fingerprint density at radius 2 is 2.00 bits per heavy atom. The SMILES string of the molecule is Cn1cc(C(=O)OC(C(N)=O)c2ccccc2)cn1. The number of hydrogen-bond donors (Lipinski definition) is 1. The van der Waals surface area contributed by atoms with Crippen LogP contribution in [-0.4, -0.2) is 21.7 Å². The summed E-state index contributed by atoms with van der Waals surface area (Å²) in [4.78, 5) is 23.3. The van der Waals surface area contributed by atoms with Crippen molar-refractivity contribution in [2.45, 2.75) is 6.10 Å². The second-order valence-electron chi connectivity index (χ2n) is 4.00. The molecule has 0 saturated heterocycles. The number of amides is 1. The molecule has 0 radical (unpaired) electrons. The minimum Gasteiger partial charge on any atom is -0.444 e. The molecule has 0 fully saturated rings. The van der Waals surface area contributed by atoms with Crippen molar-refractivity contribution in [1.82, 2.24) is 9.78 Å². The number of nitrogens with zero attached hydrogens (tertiary/aromatic N) is 2. The molecule has 2 rings (SSSR count). The Balaban J connectivity index is 2.18. The molecule has 0 bridgehead atoms. The minimum absolute atomic E-state index is 0.268. The Morgan fingerprint density at radius 3 is 2.53 bits per heavy atom. The van der Waals surface area contributed by atoms with Gasteiger partial charge in [0.25, 0.3) is 5.91 Å². The fourth-order valence-electron chi connectivity index (χ4n) is 1.62. The molecule has 0 aliphatic heterocycles. The molecule has 0 aliphatic rings. The van der Waals surface area contributed by atoms with E-state index in [0.29, 0.717) is 5.56 Å². The smallest absolute Gasteiger partial charge is 0.342 e. The summed E-state index contributed by atoms with van der Waals surface area (Å²) < 4.78 is 6.60. The van der Waals surface area contributed by atoms with Crippen LogP contribution in [0.25, 0.3) is 0 Å². The molecule has 1 heterocycles. The average Bonchev–Trinajstić information content (AvgIpc) is 2.83. The van der Waals surface area contributed by atoms with E-state index in [1.807, 2.05) is 0 Å². The number of aryl methyl sites for hydroxylation is 1. The first kappa shape index (κ1) is 12.8. The molecule has 1 aromatic carbocycles. The number of esters is 1. The maximum Gasteiger partial charge on any atom is 0.342 e. The number of carbonyl (C=O) groups excluding carboxylic acids is 2. The highest BCUT2D eigenvalue weighted by molar-refractivity contribution is 5.91. The molecular formula is C13H13N3O3. The fourth-order valence-corrected chi connectivity index (χ4v) is 1.62. The van der Waals surface area contributed by atoms with Crippen molar-refractivity contribution >= 4 is 11.9 Å². The largest absolute Gasteiger partial charge is 0.444 e. The highest BCUT2D eigenvalue weighted by Crippen LogP contribution is 2.18. The first-order chi connectivity index (χ1) is 9.08. The van der Waals surface area contributed by atoms with Gasteiger partial charge in [-0.3, -0.25) is 9.48 Å². The summed E-state index contributed by atoms with van der Waals surface area (Å²) in [6, 6.07) is 8.62. The van der Waals surface area contributed by atoms with Gasteiger partial charge >= 0.3 is 5.97 Å². The zero-order valence-corrected chi connectivity index (χ0v) is 10.3. The zero-order chi connectivity index (χ0) is 13.8. The van der Waals surface area contributed by atoms with Crippen LogP contribution in [-0.2, 0) is 16.6 Å². The summed E-state index contributed by atoms with van der Waals surface area (Å²) >= 11 is 0. The quantitative estimate of drug-likeness (QED) is 0.823. The Bertz CT molecular complexity index is 592. The van der Waals surface area contributed by atoms with Crippen LogP contribution >= 0.6 is 0 Å². The van der Waals surface area contributed by atoms with E-state index in [9.17, 15) is 9.59 Å². The fraction of sp³-hybridized carbons (Fsp3) is 0.154. The van der Waals surface area contributed by atoms with E-state index >= 15 is 0 Å². The third-order valence-corrected chi connectivity index (χ3v) is 2.53. The topological polar surface area (TPSA) is 87.2 Å². The predicted molar refractivity (Wildman–Crippen MR) is 67.0 cm³/mol. The Labute approximate surface area is 109 Å². The number of hydrogen-bond acceptors (Lipinski definition) is 4. The number of rotatable bonds is 4. The van der Waals surface area contributed by atoms with E-state index < -0.39 is 18.0 Å². The molecule has 1 aromatic heterocycles. The molecule has 6 heteroatoms. The summed E-state index contributed by atoms with van der Waals surface area (Å²) in [5, 5.41) is 3.86. The normalized spacial score (nSPS) is 11.8. The van der Waals surface area contributed by atoms with Crippen LogP contribution in [0.1, 0.15) is 22.0 Å². The predicted octanol–water partition coefficient (Wildman–Crippen LogP) is 0.803. The van der Waals surface area contributed by atoms with Crippen molar-refractivity contribution in [3.05, 3.63) is 53.9 Å². The van der Waals surface area contributed by atoms with Crippen LogP contribution in [0.3, 0.4) is 0 Å². The van der Waals surface area contributed by atoms with Crippen LogP contribution in [0.4, 0.5) is 0 Å². The van der Waals surface area contributed by atoms with Crippen molar-refractivity contribution in [2.24, 2.45) is 12.8 Å². The third-order valence-electron chi connectivity index (χ3n) is 2.53. The number of aromatic nitrogens is 2. The Hall–Kier alpha value is -2.63. The van der Waals surface area contributed by atoms with E-state index in [4.69, 9.17) is 10.5 Å². The summed E-state index contributed by atoms with van der Waals surface area (Å²) in [7, 11) is 1.68. The van der Waals surface area contributed by atoms with E-state index in [1.165, 1.54) is 17.1 Å². The lowest BCUT2D eigenvalue weighted by atomic mass is 10.1. The summed E-state index contributed by atoms with van der Waals surface area (Å²) in [6.45, 7) is 0. The number of benzene rings is 1. The molecule has 2 N–H and O–H groups in total. The second-order valence-corrected chi connectivity index (χ2v) is 4.00. The van der Waals surface area contributed by atoms with Crippen molar-refractivity contribution in [3.8, 4) is 0 Å². The highest BCUT2D eigenvalue weighted by atomic mass is 16.5. The first-order valence-electron chi connectivity index (χ1n) is 5.62. The molecule has 6 nitrogen and oxygen atoms in total. The van der Waals surface area contributed by atoms with Gasteiger partial charge in [-0.15, -0.1) is 0 Å². The number of nitrogens with two attached hydrogens (primary N) is 1. The van der Waals surface area contributed by atoms with Gasteiger partial charge in [0.2, 0.25) is 6.10 Å². The Morgan fingerprint density at radius 1 is 1.32 bits per heavy atom. The molecule has 1 unspecified atom stereocenters. The van der Waals surface area contributed by atoms with Crippen molar-refractivity contribution in [2.75, 3.05) is 0 Å². The molecule has 0 aliphatic carbocycles. The van der Waals surface area contributed by atoms with Crippen molar-refractivity contribution in [1.29, 1.82) is 0 Å². The minimum atomic E-state index is -1.10. The van der Waals surface area contributed by atoms with Crippen LogP contribution in [0.15, 0.2) is 42.7 Å². The third kappa shape index (κ3) is 2.98. The lowest BCUT2D eigenvalue weighted by molar-refractivity contribution is -0.127. The van der Waals surface area contributed by atoms with E-state index in [2.05, 4.69) is 5.10 Å². The van der Waals surface area contributed by atoms with Gasteiger partial charge in [-0.05, 0) is 0 Å². The van der Waals surface area contributed by atoms with Gasteiger partial charge in [-0.25, -0.2) is 4.79 Å². The van der Waals surface area contributed by atoms with E-state index in [1.54, 1.807) is 37.4 Å². The van der Waals surface area contributed by atoms with Crippen LogP contribution in [0.5, 0.6) is 0 Å². The average molecular weight is 259 g/mol. The lowest BCUT2D eigenvalue weighted by Gasteiger charge is -2.14. The maximum atomic E-state index is 11.9.